The summed E-state index contributed by atoms with van der Waals surface area (Å²) in [7, 11) is 8.01. The number of halogens is 1. The monoisotopic (exact) mass is 570 g/mol. The van der Waals surface area contributed by atoms with Crippen LogP contribution in [0.1, 0.15) is 36.8 Å². The molecule has 2 aromatic carbocycles. The molecule has 8 heteroatoms. The van der Waals surface area contributed by atoms with E-state index in [1.165, 1.54) is 0 Å². The molecule has 0 spiro atoms. The van der Waals surface area contributed by atoms with Gasteiger partial charge in [0.05, 0.1) is 18.8 Å². The maximum atomic E-state index is 12.2. The first kappa shape index (κ1) is 30.6. The lowest BCUT2D eigenvalue weighted by Gasteiger charge is -2.40. The number of ether oxygens (including phenoxy) is 3. The Labute approximate surface area is 243 Å². The van der Waals surface area contributed by atoms with Gasteiger partial charge in [0.25, 0.3) is 0 Å². The van der Waals surface area contributed by atoms with Gasteiger partial charge >= 0.3 is 0 Å². The number of benzene rings is 2. The molecule has 1 aliphatic heterocycles. The molecule has 5 atom stereocenters. The molecule has 0 aromatic heterocycles. The minimum Gasteiger partial charge on any atom is -0.492 e. The minimum atomic E-state index is -1.55. The summed E-state index contributed by atoms with van der Waals surface area (Å²) >= 11 is 6.24. The largest absolute Gasteiger partial charge is 0.492 e. The highest BCUT2D eigenvalue weighted by Crippen LogP contribution is 2.64. The molecular formula is C32H43ClN2O5. The van der Waals surface area contributed by atoms with Crippen LogP contribution >= 0.6 is 11.6 Å². The molecular weight excluding hydrogens is 528 g/mol. The van der Waals surface area contributed by atoms with E-state index in [4.69, 9.17) is 25.8 Å². The maximum absolute atomic E-state index is 12.2. The van der Waals surface area contributed by atoms with Crippen molar-refractivity contribution in [2.75, 3.05) is 54.5 Å². The van der Waals surface area contributed by atoms with Crippen molar-refractivity contribution in [2.24, 2.45) is 0 Å². The van der Waals surface area contributed by atoms with Crippen molar-refractivity contribution >= 4 is 11.6 Å². The van der Waals surface area contributed by atoms with Gasteiger partial charge in [-0.15, -0.1) is 0 Å². The topological polar surface area (TPSA) is 74.6 Å². The van der Waals surface area contributed by atoms with Gasteiger partial charge in [-0.1, -0.05) is 54.1 Å². The summed E-state index contributed by atoms with van der Waals surface area (Å²) in [6.45, 7) is 4.60. The highest BCUT2D eigenvalue weighted by Gasteiger charge is 2.71. The van der Waals surface area contributed by atoms with Crippen molar-refractivity contribution in [1.29, 1.82) is 0 Å². The van der Waals surface area contributed by atoms with Crippen LogP contribution in [0, 0.1) is 0 Å². The van der Waals surface area contributed by atoms with Gasteiger partial charge in [-0.2, -0.15) is 0 Å². The van der Waals surface area contributed by atoms with Gasteiger partial charge in [0.1, 0.15) is 23.7 Å². The molecule has 1 unspecified atom stereocenters. The van der Waals surface area contributed by atoms with E-state index in [0.29, 0.717) is 36.2 Å². The summed E-state index contributed by atoms with van der Waals surface area (Å²) in [5.74, 6) is 0.875. The molecule has 0 radical (unpaired) electrons. The van der Waals surface area contributed by atoms with Crippen LogP contribution in [0.4, 0.5) is 0 Å². The van der Waals surface area contributed by atoms with E-state index in [2.05, 4.69) is 9.80 Å². The molecule has 2 aliphatic rings. The third-order valence-corrected chi connectivity index (χ3v) is 8.04. The van der Waals surface area contributed by atoms with Gasteiger partial charge in [-0.3, -0.25) is 0 Å². The molecule has 1 heterocycles. The van der Waals surface area contributed by atoms with E-state index in [-0.39, 0.29) is 18.4 Å². The molecule has 1 saturated heterocycles. The summed E-state index contributed by atoms with van der Waals surface area (Å²) in [4.78, 5) is 4.13. The Hall–Kier alpha value is -2.39. The Kier molecular flexibility index (Phi) is 9.98. The second-order valence-electron chi connectivity index (χ2n) is 11.4. The van der Waals surface area contributed by atoms with Crippen LogP contribution in [0.5, 0.6) is 0 Å². The van der Waals surface area contributed by atoms with Crippen molar-refractivity contribution in [3.05, 3.63) is 94.4 Å². The summed E-state index contributed by atoms with van der Waals surface area (Å²) < 4.78 is 19.0. The fourth-order valence-electron chi connectivity index (χ4n) is 5.74. The summed E-state index contributed by atoms with van der Waals surface area (Å²) in [5, 5.41) is 24.2. The van der Waals surface area contributed by atoms with Crippen LogP contribution in [-0.4, -0.2) is 92.3 Å². The van der Waals surface area contributed by atoms with Crippen LogP contribution in [0.3, 0.4) is 0 Å². The van der Waals surface area contributed by atoms with Crippen LogP contribution in [0.15, 0.2) is 78.3 Å². The van der Waals surface area contributed by atoms with E-state index < -0.39 is 17.3 Å². The second-order valence-corrected chi connectivity index (χ2v) is 11.8. The number of rotatable bonds is 12. The molecule has 2 fully saturated rings. The first-order valence-corrected chi connectivity index (χ1v) is 14.3. The zero-order valence-corrected chi connectivity index (χ0v) is 25.0. The highest BCUT2D eigenvalue weighted by molar-refractivity contribution is 6.30. The number of aliphatic hydroxyl groups excluding tert-OH is 1. The lowest BCUT2D eigenvalue weighted by molar-refractivity contribution is -0.141. The Bertz CT molecular complexity index is 1170. The molecule has 4 rings (SSSR count). The fraction of sp³-hybridized carbons (Fsp3) is 0.500. The van der Waals surface area contributed by atoms with Crippen molar-refractivity contribution in [1.82, 2.24) is 9.80 Å². The fourth-order valence-corrected chi connectivity index (χ4v) is 5.86. The predicted molar refractivity (Wildman–Crippen MR) is 158 cm³/mol. The molecule has 1 saturated carbocycles. The molecule has 0 bridgehead atoms. The van der Waals surface area contributed by atoms with Gasteiger partial charge < -0.3 is 34.2 Å². The number of hydrogen-bond acceptors (Lipinski definition) is 7. The number of allylic oxidation sites excluding steroid dienone is 1. The Balaban J connectivity index is 1.72. The zero-order chi connectivity index (χ0) is 28.9. The number of aliphatic hydroxyl groups is 2. The quantitative estimate of drug-likeness (QED) is 0.363. The normalized spacial score (nSPS) is 28.2. The van der Waals surface area contributed by atoms with Crippen molar-refractivity contribution in [2.45, 2.75) is 49.1 Å². The lowest BCUT2D eigenvalue weighted by Crippen LogP contribution is -2.51. The average molecular weight is 571 g/mol. The summed E-state index contributed by atoms with van der Waals surface area (Å²) in [5.41, 5.74) is -0.982. The summed E-state index contributed by atoms with van der Waals surface area (Å²) in [6, 6.07) is 17.3. The van der Waals surface area contributed by atoms with Gasteiger partial charge in [-0.25, -0.2) is 0 Å². The van der Waals surface area contributed by atoms with Crippen LogP contribution in [0.25, 0.3) is 0 Å². The number of hydrogen-bond donors (Lipinski definition) is 2. The van der Waals surface area contributed by atoms with Crippen molar-refractivity contribution in [3.63, 3.8) is 0 Å². The second kappa shape index (κ2) is 13.1. The van der Waals surface area contributed by atoms with Crippen LogP contribution in [0.2, 0.25) is 5.02 Å². The Morgan fingerprint density at radius 2 is 1.70 bits per heavy atom. The standard InChI is InChI=1S/C32H43ClN2O5/c1-23(38-17-15-34(2)3)19-27(39-18-16-35(4)5)20-28-22-31(37)30(36)21-29(24-9-7-6-8-10-24)32(31,40-28)25-11-13-26(33)14-12-25/h6-14,19-20,23,29-30,36-37H,15-18,21-22H2,1-5H3/b27-19+,28-20+/t23?,29-,30+,31-,32-/m0/s1. The third kappa shape index (κ3) is 6.56. The SMILES string of the molecule is CC(/C=C(\C=C1/C[C@]2(O)[C@H](O)C[C@@H](c3ccccc3)[C@]2(c2ccc(Cl)cc2)O1)OCCN(C)C)OCCN(C)C. The average Bonchev–Trinajstić information content (AvgIpc) is 3.31. The van der Waals surface area contributed by atoms with Gasteiger partial charge in [0.2, 0.25) is 0 Å². The molecule has 0 amide bonds. The van der Waals surface area contributed by atoms with Crippen LogP contribution < -0.4 is 0 Å². The van der Waals surface area contributed by atoms with Gasteiger partial charge in [0, 0.05) is 36.5 Å². The molecule has 218 valence electrons. The van der Waals surface area contributed by atoms with E-state index in [1.807, 2.05) is 89.7 Å². The number of likely N-dealkylation sites (N-methyl/N-ethyl adjacent to an activating group) is 2. The Morgan fingerprint density at radius 3 is 2.35 bits per heavy atom. The lowest BCUT2D eigenvalue weighted by atomic mass is 9.73. The first-order valence-electron chi connectivity index (χ1n) is 13.9. The van der Waals surface area contributed by atoms with E-state index in [0.717, 1.165) is 24.2 Å². The smallest absolute Gasteiger partial charge is 0.172 e. The van der Waals surface area contributed by atoms with Gasteiger partial charge in [0.15, 0.2) is 5.60 Å². The molecule has 7 nitrogen and oxygen atoms in total. The van der Waals surface area contributed by atoms with Gasteiger partial charge in [-0.05, 0) is 70.9 Å². The molecule has 1 aliphatic carbocycles. The van der Waals surface area contributed by atoms with Crippen LogP contribution in [-0.2, 0) is 19.8 Å². The molecule has 2 N–H and O–H groups in total. The Morgan fingerprint density at radius 1 is 1.05 bits per heavy atom. The van der Waals surface area contributed by atoms with E-state index in [1.54, 1.807) is 12.1 Å². The minimum absolute atomic E-state index is 0.143. The summed E-state index contributed by atoms with van der Waals surface area (Å²) in [6.07, 6.45) is 3.10. The van der Waals surface area contributed by atoms with E-state index >= 15 is 0 Å². The van der Waals surface area contributed by atoms with Crippen molar-refractivity contribution < 1.29 is 24.4 Å². The number of nitrogens with zero attached hydrogens (tertiary/aromatic N) is 2. The molecule has 40 heavy (non-hydrogen) atoms. The maximum Gasteiger partial charge on any atom is 0.172 e. The first-order chi connectivity index (χ1) is 19.0. The van der Waals surface area contributed by atoms with Crippen molar-refractivity contribution in [3.8, 4) is 0 Å². The highest BCUT2D eigenvalue weighted by atomic mass is 35.5. The number of fused-ring (bicyclic) bond motifs is 1. The zero-order valence-electron chi connectivity index (χ0n) is 24.2. The molecule has 2 aromatic rings. The third-order valence-electron chi connectivity index (χ3n) is 7.78. The predicted octanol–water partition coefficient (Wildman–Crippen LogP) is 4.55. The van der Waals surface area contributed by atoms with E-state index in [9.17, 15) is 10.2 Å².